The summed E-state index contributed by atoms with van der Waals surface area (Å²) in [7, 11) is 2.07. The van der Waals surface area contributed by atoms with Crippen molar-refractivity contribution in [2.45, 2.75) is 32.5 Å². The van der Waals surface area contributed by atoms with Crippen molar-refractivity contribution in [1.82, 2.24) is 9.80 Å². The third-order valence-corrected chi connectivity index (χ3v) is 4.03. The Labute approximate surface area is 124 Å². The predicted molar refractivity (Wildman–Crippen MR) is 78.2 cm³/mol. The average molecular weight is 300 g/mol. The van der Waals surface area contributed by atoms with E-state index in [1.165, 1.54) is 6.07 Å². The van der Waals surface area contributed by atoms with Gasteiger partial charge in [-0.05, 0) is 51.5 Å². The minimum absolute atomic E-state index is 0.378. The second-order valence-corrected chi connectivity index (χ2v) is 5.94. The van der Waals surface area contributed by atoms with Crippen LogP contribution in [-0.2, 0) is 12.7 Å². The molecule has 0 radical (unpaired) electrons. The first-order chi connectivity index (χ1) is 9.86. The summed E-state index contributed by atoms with van der Waals surface area (Å²) in [4.78, 5) is 4.38. The molecule has 0 amide bonds. The Bertz CT molecular complexity index is 471. The zero-order chi connectivity index (χ0) is 15.5. The van der Waals surface area contributed by atoms with Crippen molar-refractivity contribution in [2.75, 3.05) is 33.2 Å². The molecule has 0 unspecified atom stereocenters. The molecule has 0 atom stereocenters. The highest BCUT2D eigenvalue weighted by Crippen LogP contribution is 2.33. The third-order valence-electron chi connectivity index (χ3n) is 4.03. The molecular formula is C16H23F3N2. The van der Waals surface area contributed by atoms with E-state index in [1.807, 2.05) is 0 Å². The summed E-state index contributed by atoms with van der Waals surface area (Å²) in [6, 6.07) is 4.65. The molecule has 118 valence electrons. The maximum atomic E-state index is 13.2. The van der Waals surface area contributed by atoms with Gasteiger partial charge < -0.3 is 4.90 Å². The van der Waals surface area contributed by atoms with Crippen molar-refractivity contribution in [3.63, 3.8) is 0 Å². The summed E-state index contributed by atoms with van der Waals surface area (Å²) in [6.07, 6.45) is -2.13. The Kier molecular flexibility index (Phi) is 5.27. The predicted octanol–water partition coefficient (Wildman–Crippen LogP) is 3.54. The van der Waals surface area contributed by atoms with Crippen LogP contribution < -0.4 is 0 Å². The summed E-state index contributed by atoms with van der Waals surface area (Å²) in [6.45, 7) is 5.76. The fourth-order valence-electron chi connectivity index (χ4n) is 2.74. The summed E-state index contributed by atoms with van der Waals surface area (Å²) < 4.78 is 39.5. The molecule has 0 bridgehead atoms. The molecule has 1 fully saturated rings. The zero-order valence-electron chi connectivity index (χ0n) is 12.7. The Hall–Kier alpha value is -1.07. The van der Waals surface area contributed by atoms with Crippen molar-refractivity contribution in [3.8, 4) is 0 Å². The maximum Gasteiger partial charge on any atom is 0.416 e. The molecule has 1 aliphatic rings. The largest absolute Gasteiger partial charge is 0.416 e. The van der Waals surface area contributed by atoms with Gasteiger partial charge in [0.2, 0.25) is 0 Å². The smallest absolute Gasteiger partial charge is 0.305 e. The molecule has 5 heteroatoms. The van der Waals surface area contributed by atoms with Crippen molar-refractivity contribution in [3.05, 3.63) is 34.9 Å². The highest BCUT2D eigenvalue weighted by Gasteiger charge is 2.33. The molecule has 0 aliphatic carbocycles. The number of likely N-dealkylation sites (N-methyl/N-ethyl adjacent to an activating group) is 1. The number of aryl methyl sites for hydroxylation is 1. The number of nitrogens with zero attached hydrogens (tertiary/aromatic N) is 2. The van der Waals surface area contributed by atoms with Crippen molar-refractivity contribution in [1.29, 1.82) is 0 Å². The topological polar surface area (TPSA) is 6.48 Å². The molecule has 21 heavy (non-hydrogen) atoms. The van der Waals surface area contributed by atoms with Crippen LogP contribution in [0.15, 0.2) is 18.2 Å². The lowest BCUT2D eigenvalue weighted by Gasteiger charge is -2.29. The van der Waals surface area contributed by atoms with Gasteiger partial charge in [0.05, 0.1) is 5.56 Å². The fraction of sp³-hybridized carbons (Fsp3) is 0.625. The van der Waals surface area contributed by atoms with Gasteiger partial charge in [-0.2, -0.15) is 13.2 Å². The lowest BCUT2D eigenvalue weighted by molar-refractivity contribution is -0.138. The number of halogens is 3. The van der Waals surface area contributed by atoms with Gasteiger partial charge in [0.1, 0.15) is 0 Å². The summed E-state index contributed by atoms with van der Waals surface area (Å²) >= 11 is 0. The van der Waals surface area contributed by atoms with E-state index in [9.17, 15) is 13.2 Å². The Balaban J connectivity index is 2.14. The van der Waals surface area contributed by atoms with Crippen LogP contribution in [0.4, 0.5) is 13.2 Å². The number of hydrogen-bond donors (Lipinski definition) is 0. The molecule has 2 nitrogen and oxygen atoms in total. The highest BCUT2D eigenvalue weighted by molar-refractivity contribution is 5.33. The number of benzene rings is 1. The molecule has 0 N–H and O–H groups in total. The molecule has 1 heterocycles. The lowest BCUT2D eigenvalue weighted by atomic mass is 10.0. The maximum absolute atomic E-state index is 13.2. The van der Waals surface area contributed by atoms with E-state index in [4.69, 9.17) is 0 Å². The second-order valence-electron chi connectivity index (χ2n) is 5.94. The number of rotatable bonds is 2. The van der Waals surface area contributed by atoms with Crippen LogP contribution >= 0.6 is 0 Å². The number of alkyl halides is 3. The van der Waals surface area contributed by atoms with Crippen LogP contribution in [0, 0.1) is 6.92 Å². The van der Waals surface area contributed by atoms with Crippen LogP contribution in [0.5, 0.6) is 0 Å². The quantitative estimate of drug-likeness (QED) is 0.824. The lowest BCUT2D eigenvalue weighted by Crippen LogP contribution is -2.37. The van der Waals surface area contributed by atoms with Gasteiger partial charge in [-0.3, -0.25) is 4.90 Å². The SMILES string of the molecule is Cc1ccc(CN2CCCCN(C)CC2)c(C(F)(F)F)c1. The Morgan fingerprint density at radius 2 is 1.76 bits per heavy atom. The average Bonchev–Trinajstić information content (AvgIpc) is 2.38. The highest BCUT2D eigenvalue weighted by atomic mass is 19.4. The molecule has 1 aliphatic heterocycles. The standard InChI is InChI=1S/C16H23F3N2/c1-13-5-6-14(15(11-13)16(17,18)19)12-21-8-4-3-7-20(2)9-10-21/h5-6,11H,3-4,7-10,12H2,1-2H3. The summed E-state index contributed by atoms with van der Waals surface area (Å²) in [5.41, 5.74) is 0.549. The van der Waals surface area contributed by atoms with E-state index in [1.54, 1.807) is 19.1 Å². The second kappa shape index (κ2) is 6.79. The molecule has 0 aromatic heterocycles. The molecule has 1 aromatic carbocycles. The van der Waals surface area contributed by atoms with Gasteiger partial charge in [-0.1, -0.05) is 17.7 Å². The minimum Gasteiger partial charge on any atom is -0.305 e. The third kappa shape index (κ3) is 4.71. The summed E-state index contributed by atoms with van der Waals surface area (Å²) in [5, 5.41) is 0. The first-order valence-corrected chi connectivity index (χ1v) is 7.44. The Morgan fingerprint density at radius 1 is 1.05 bits per heavy atom. The van der Waals surface area contributed by atoms with E-state index in [-0.39, 0.29) is 0 Å². The molecule has 1 aromatic rings. The first kappa shape index (κ1) is 16.3. The molecule has 2 rings (SSSR count). The zero-order valence-corrected chi connectivity index (χ0v) is 12.7. The van der Waals surface area contributed by atoms with Gasteiger partial charge in [0, 0.05) is 19.6 Å². The van der Waals surface area contributed by atoms with E-state index < -0.39 is 11.7 Å². The normalized spacial score (nSPS) is 19.3. The van der Waals surface area contributed by atoms with E-state index in [2.05, 4.69) is 16.8 Å². The van der Waals surface area contributed by atoms with Crippen LogP contribution in [0.3, 0.4) is 0 Å². The fourth-order valence-corrected chi connectivity index (χ4v) is 2.74. The van der Waals surface area contributed by atoms with Gasteiger partial charge >= 0.3 is 6.18 Å². The molecule has 0 spiro atoms. The van der Waals surface area contributed by atoms with E-state index in [0.717, 1.165) is 39.0 Å². The molecular weight excluding hydrogens is 277 g/mol. The van der Waals surface area contributed by atoms with Crippen molar-refractivity contribution < 1.29 is 13.2 Å². The van der Waals surface area contributed by atoms with Gasteiger partial charge in [0.25, 0.3) is 0 Å². The Morgan fingerprint density at radius 3 is 2.48 bits per heavy atom. The van der Waals surface area contributed by atoms with Crippen molar-refractivity contribution >= 4 is 0 Å². The van der Waals surface area contributed by atoms with Crippen molar-refractivity contribution in [2.24, 2.45) is 0 Å². The molecule has 0 saturated carbocycles. The van der Waals surface area contributed by atoms with Gasteiger partial charge in [0.15, 0.2) is 0 Å². The molecule has 1 saturated heterocycles. The van der Waals surface area contributed by atoms with Crippen LogP contribution in [-0.4, -0.2) is 43.0 Å². The number of hydrogen-bond acceptors (Lipinski definition) is 2. The van der Waals surface area contributed by atoms with E-state index in [0.29, 0.717) is 17.7 Å². The van der Waals surface area contributed by atoms with Gasteiger partial charge in [-0.15, -0.1) is 0 Å². The van der Waals surface area contributed by atoms with Gasteiger partial charge in [-0.25, -0.2) is 0 Å². The monoisotopic (exact) mass is 300 g/mol. The van der Waals surface area contributed by atoms with Crippen LogP contribution in [0.2, 0.25) is 0 Å². The van der Waals surface area contributed by atoms with Crippen LogP contribution in [0.1, 0.15) is 29.5 Å². The minimum atomic E-state index is -4.28. The van der Waals surface area contributed by atoms with Crippen LogP contribution in [0.25, 0.3) is 0 Å². The first-order valence-electron chi connectivity index (χ1n) is 7.44. The summed E-state index contributed by atoms with van der Waals surface area (Å²) in [5.74, 6) is 0. The van der Waals surface area contributed by atoms with E-state index >= 15 is 0 Å².